The van der Waals surface area contributed by atoms with Crippen molar-refractivity contribution in [3.8, 4) is 0 Å². The van der Waals surface area contributed by atoms with Crippen LogP contribution in [0.5, 0.6) is 0 Å². The lowest BCUT2D eigenvalue weighted by molar-refractivity contribution is 0.0841. The van der Waals surface area contributed by atoms with Gasteiger partial charge in [-0.1, -0.05) is 24.3 Å². The zero-order chi connectivity index (χ0) is 16.2. The van der Waals surface area contributed by atoms with Crippen molar-refractivity contribution in [2.24, 2.45) is 0 Å². The van der Waals surface area contributed by atoms with Gasteiger partial charge in [0, 0.05) is 31.6 Å². The normalized spacial score (nSPS) is 15.9. The molecule has 1 aromatic heterocycles. The Kier molecular flexibility index (Phi) is 5.05. The second-order valence-corrected chi connectivity index (χ2v) is 6.56. The number of aromatic nitrogens is 1. The number of carbonyl (C=O) groups is 1. The molecule has 1 amide bonds. The second kappa shape index (κ2) is 7.21. The molecule has 1 aliphatic rings. The molecule has 1 atom stereocenters. The van der Waals surface area contributed by atoms with Gasteiger partial charge in [-0.3, -0.25) is 9.69 Å². The third kappa shape index (κ3) is 3.96. The highest BCUT2D eigenvalue weighted by molar-refractivity contribution is 7.03. The molecule has 2 aromatic rings. The van der Waals surface area contributed by atoms with Gasteiger partial charge in [0.15, 0.2) is 0 Å². The summed E-state index contributed by atoms with van der Waals surface area (Å²) in [6, 6.07) is 8.43. The summed E-state index contributed by atoms with van der Waals surface area (Å²) in [4.78, 5) is 14.3. The van der Waals surface area contributed by atoms with E-state index in [4.69, 9.17) is 0 Å². The van der Waals surface area contributed by atoms with E-state index in [-0.39, 0.29) is 12.5 Å². The number of hydrogen-bond acceptors (Lipinski definition) is 5. The highest BCUT2D eigenvalue weighted by atomic mass is 32.1. The molecule has 1 aliphatic heterocycles. The van der Waals surface area contributed by atoms with Crippen LogP contribution >= 0.6 is 11.5 Å². The predicted octanol–water partition coefficient (Wildman–Crippen LogP) is 1.60. The summed E-state index contributed by atoms with van der Waals surface area (Å²) in [5.74, 6) is -0.167. The number of nitrogens with one attached hydrogen (secondary N) is 1. The van der Waals surface area contributed by atoms with Crippen molar-refractivity contribution in [1.82, 2.24) is 14.6 Å². The van der Waals surface area contributed by atoms with Gasteiger partial charge in [0.1, 0.15) is 0 Å². The molecule has 0 spiro atoms. The molecular weight excluding hydrogens is 310 g/mol. The van der Waals surface area contributed by atoms with Crippen molar-refractivity contribution >= 4 is 17.4 Å². The zero-order valence-corrected chi connectivity index (χ0v) is 14.0. The molecule has 0 aliphatic carbocycles. The molecule has 3 rings (SSSR count). The highest BCUT2D eigenvalue weighted by Crippen LogP contribution is 2.18. The van der Waals surface area contributed by atoms with Crippen LogP contribution in [0.1, 0.15) is 27.2 Å². The lowest BCUT2D eigenvalue weighted by atomic mass is 10.00. The summed E-state index contributed by atoms with van der Waals surface area (Å²) in [5.41, 5.74) is 4.05. The minimum atomic E-state index is -0.573. The SMILES string of the molecule is Cc1nscc1C(=O)NCC(O)CN1CCc2ccccc2C1. The van der Waals surface area contributed by atoms with E-state index >= 15 is 0 Å². The van der Waals surface area contributed by atoms with E-state index in [1.54, 1.807) is 5.38 Å². The number of carbonyl (C=O) groups excluding carboxylic acids is 1. The third-order valence-corrected chi connectivity index (χ3v) is 4.89. The molecule has 2 N–H and O–H groups in total. The molecule has 23 heavy (non-hydrogen) atoms. The monoisotopic (exact) mass is 331 g/mol. The summed E-state index contributed by atoms with van der Waals surface area (Å²) in [6.07, 6.45) is 0.436. The number of rotatable bonds is 5. The first kappa shape index (κ1) is 16.1. The van der Waals surface area contributed by atoms with Crippen molar-refractivity contribution in [1.29, 1.82) is 0 Å². The standard InChI is InChI=1S/C17H21N3O2S/c1-12-16(11-23-19-12)17(22)18-8-15(21)10-20-7-6-13-4-2-3-5-14(13)9-20/h2-5,11,15,21H,6-10H2,1H3,(H,18,22). The van der Waals surface area contributed by atoms with Gasteiger partial charge >= 0.3 is 0 Å². The first-order valence-corrected chi connectivity index (χ1v) is 8.63. The first-order valence-electron chi connectivity index (χ1n) is 7.80. The fourth-order valence-electron chi connectivity index (χ4n) is 2.89. The van der Waals surface area contributed by atoms with Crippen LogP contribution in [0.3, 0.4) is 0 Å². The largest absolute Gasteiger partial charge is 0.390 e. The van der Waals surface area contributed by atoms with Gasteiger partial charge in [-0.15, -0.1) is 0 Å². The smallest absolute Gasteiger partial charge is 0.254 e. The van der Waals surface area contributed by atoms with Crippen molar-refractivity contribution in [2.45, 2.75) is 26.0 Å². The molecule has 2 heterocycles. The lowest BCUT2D eigenvalue weighted by Gasteiger charge is -2.30. The lowest BCUT2D eigenvalue weighted by Crippen LogP contribution is -2.42. The van der Waals surface area contributed by atoms with Crippen LogP contribution in [0.25, 0.3) is 0 Å². The van der Waals surface area contributed by atoms with E-state index in [9.17, 15) is 9.90 Å². The topological polar surface area (TPSA) is 65.5 Å². The molecular formula is C17H21N3O2S. The molecule has 5 nitrogen and oxygen atoms in total. The number of benzene rings is 1. The van der Waals surface area contributed by atoms with Gasteiger partial charge in [-0.25, -0.2) is 0 Å². The molecule has 6 heteroatoms. The number of hydrogen-bond donors (Lipinski definition) is 2. The molecule has 0 saturated heterocycles. The van der Waals surface area contributed by atoms with Crippen LogP contribution in [0.15, 0.2) is 29.6 Å². The van der Waals surface area contributed by atoms with Gasteiger partial charge < -0.3 is 10.4 Å². The van der Waals surface area contributed by atoms with Gasteiger partial charge in [0.2, 0.25) is 0 Å². The zero-order valence-electron chi connectivity index (χ0n) is 13.2. The summed E-state index contributed by atoms with van der Waals surface area (Å²) in [5, 5.41) is 14.7. The summed E-state index contributed by atoms with van der Waals surface area (Å²) < 4.78 is 4.09. The quantitative estimate of drug-likeness (QED) is 0.873. The fourth-order valence-corrected chi connectivity index (χ4v) is 3.58. The van der Waals surface area contributed by atoms with Gasteiger partial charge in [0.25, 0.3) is 5.91 Å². The Morgan fingerprint density at radius 2 is 2.22 bits per heavy atom. The summed E-state index contributed by atoms with van der Waals surface area (Å²) in [6.45, 7) is 4.43. The van der Waals surface area contributed by atoms with E-state index in [1.807, 2.05) is 6.92 Å². The number of aliphatic hydroxyl groups excluding tert-OH is 1. The van der Waals surface area contributed by atoms with Gasteiger partial charge in [-0.2, -0.15) is 4.37 Å². The first-order chi connectivity index (χ1) is 11.1. The molecule has 0 bridgehead atoms. The molecule has 122 valence electrons. The van der Waals surface area contributed by atoms with E-state index in [2.05, 4.69) is 38.9 Å². The number of aryl methyl sites for hydroxylation is 1. The predicted molar refractivity (Wildman–Crippen MR) is 90.6 cm³/mol. The van der Waals surface area contributed by atoms with Gasteiger partial charge in [0.05, 0.1) is 17.4 Å². The number of fused-ring (bicyclic) bond motifs is 1. The Labute approximate surface area is 140 Å². The van der Waals surface area contributed by atoms with Gasteiger partial charge in [-0.05, 0) is 36.0 Å². The average Bonchev–Trinajstić information content (AvgIpc) is 2.98. The summed E-state index contributed by atoms with van der Waals surface area (Å²) >= 11 is 1.27. The number of amides is 1. The Hall–Kier alpha value is -1.76. The highest BCUT2D eigenvalue weighted by Gasteiger charge is 2.19. The average molecular weight is 331 g/mol. The maximum absolute atomic E-state index is 12.0. The van der Waals surface area contributed by atoms with Crippen LogP contribution in [0.4, 0.5) is 0 Å². The molecule has 0 fully saturated rings. The fraction of sp³-hybridized carbons (Fsp3) is 0.412. The van der Waals surface area contributed by atoms with Crippen LogP contribution in [0, 0.1) is 6.92 Å². The Morgan fingerprint density at radius 3 is 2.96 bits per heavy atom. The minimum absolute atomic E-state index is 0.167. The third-order valence-electron chi connectivity index (χ3n) is 4.17. The molecule has 0 saturated carbocycles. The summed E-state index contributed by atoms with van der Waals surface area (Å²) in [7, 11) is 0. The Balaban J connectivity index is 1.48. The second-order valence-electron chi connectivity index (χ2n) is 5.93. The van der Waals surface area contributed by atoms with Crippen LogP contribution in [0.2, 0.25) is 0 Å². The van der Waals surface area contributed by atoms with Crippen molar-refractivity contribution in [3.63, 3.8) is 0 Å². The molecule has 0 radical (unpaired) electrons. The van der Waals surface area contributed by atoms with E-state index < -0.39 is 6.10 Å². The maximum Gasteiger partial charge on any atom is 0.254 e. The van der Waals surface area contributed by atoms with Crippen LogP contribution in [-0.4, -0.2) is 46.0 Å². The maximum atomic E-state index is 12.0. The number of nitrogens with zero attached hydrogens (tertiary/aromatic N) is 2. The number of β-amino-alcohol motifs (C(OH)–C–C–N with tert-alkyl or cyclic N) is 1. The van der Waals surface area contributed by atoms with Crippen molar-refractivity contribution in [2.75, 3.05) is 19.6 Å². The molecule has 1 unspecified atom stereocenters. The van der Waals surface area contributed by atoms with Crippen molar-refractivity contribution in [3.05, 3.63) is 52.0 Å². The molecule has 1 aromatic carbocycles. The Bertz CT molecular complexity index is 686. The van der Waals surface area contributed by atoms with E-state index in [1.165, 1.54) is 22.7 Å². The van der Waals surface area contributed by atoms with E-state index in [0.29, 0.717) is 12.1 Å². The Morgan fingerprint density at radius 1 is 1.43 bits per heavy atom. The van der Waals surface area contributed by atoms with Crippen LogP contribution in [-0.2, 0) is 13.0 Å². The van der Waals surface area contributed by atoms with E-state index in [0.717, 1.165) is 25.2 Å². The minimum Gasteiger partial charge on any atom is -0.390 e. The van der Waals surface area contributed by atoms with Crippen LogP contribution < -0.4 is 5.32 Å². The number of aliphatic hydroxyl groups is 1. The van der Waals surface area contributed by atoms with Crippen molar-refractivity contribution < 1.29 is 9.90 Å².